The largest absolute Gasteiger partial charge is 0.306 e. The number of nitrogens with zero attached hydrogens (tertiary/aromatic N) is 4. The lowest BCUT2D eigenvalue weighted by atomic mass is 10.1. The molecule has 0 amide bonds. The number of hydrogen-bond donors (Lipinski definition) is 1. The molecule has 1 aromatic heterocycles. The summed E-state index contributed by atoms with van der Waals surface area (Å²) in [5, 5.41) is 11.8. The van der Waals surface area contributed by atoms with Crippen molar-refractivity contribution in [2.75, 3.05) is 20.1 Å². The Balaban J connectivity index is 1.69. The van der Waals surface area contributed by atoms with Gasteiger partial charge in [-0.1, -0.05) is 12.1 Å². The van der Waals surface area contributed by atoms with Gasteiger partial charge in [0.1, 0.15) is 0 Å². The average Bonchev–Trinajstić information content (AvgIpc) is 2.88. The van der Waals surface area contributed by atoms with Crippen LogP contribution in [0.5, 0.6) is 0 Å². The molecule has 114 valence electrons. The lowest BCUT2D eigenvalue weighted by molar-refractivity contribution is 0.295. The normalized spacial score (nSPS) is 22.5. The molecule has 0 saturated heterocycles. The van der Waals surface area contributed by atoms with Crippen molar-refractivity contribution in [2.45, 2.75) is 52.7 Å². The fourth-order valence-electron chi connectivity index (χ4n) is 2.30. The maximum Gasteiger partial charge on any atom is 0.0965 e. The van der Waals surface area contributed by atoms with Crippen molar-refractivity contribution in [3.8, 4) is 0 Å². The number of nitrogens with one attached hydrogen (secondary N) is 1. The molecule has 0 aromatic carbocycles. The third kappa shape index (κ3) is 5.21. The lowest BCUT2D eigenvalue weighted by Crippen LogP contribution is -2.35. The van der Waals surface area contributed by atoms with E-state index in [9.17, 15) is 0 Å². The molecule has 2 rings (SSSR count). The van der Waals surface area contributed by atoms with E-state index in [2.05, 4.69) is 55.3 Å². The highest BCUT2D eigenvalue weighted by Gasteiger charge is 2.32. The Morgan fingerprint density at radius 2 is 2.15 bits per heavy atom. The Kier molecular flexibility index (Phi) is 4.81. The van der Waals surface area contributed by atoms with Crippen molar-refractivity contribution in [2.24, 2.45) is 11.8 Å². The minimum absolute atomic E-state index is 0.116. The van der Waals surface area contributed by atoms with Crippen molar-refractivity contribution < 1.29 is 0 Å². The molecular formula is C15H29N5. The molecule has 0 bridgehead atoms. The fraction of sp³-hybridized carbons (Fsp3) is 0.867. The number of aromatic nitrogens is 3. The van der Waals surface area contributed by atoms with Gasteiger partial charge in [-0.15, -0.1) is 5.10 Å². The zero-order valence-electron chi connectivity index (χ0n) is 13.6. The van der Waals surface area contributed by atoms with Gasteiger partial charge in [0.25, 0.3) is 0 Å². The summed E-state index contributed by atoms with van der Waals surface area (Å²) < 4.78 is 1.95. The second kappa shape index (κ2) is 6.22. The van der Waals surface area contributed by atoms with E-state index in [4.69, 9.17) is 0 Å². The van der Waals surface area contributed by atoms with Gasteiger partial charge in [0.2, 0.25) is 0 Å². The van der Waals surface area contributed by atoms with Crippen LogP contribution in [-0.4, -0.2) is 45.6 Å². The Morgan fingerprint density at radius 1 is 1.45 bits per heavy atom. The minimum Gasteiger partial charge on any atom is -0.306 e. The van der Waals surface area contributed by atoms with Crippen LogP contribution in [0.2, 0.25) is 0 Å². The van der Waals surface area contributed by atoms with Crippen LogP contribution < -0.4 is 5.32 Å². The average molecular weight is 279 g/mol. The SMILES string of the molecule is CC1CC1CN(C)CCn1cc(CNC(C)(C)C)nn1. The van der Waals surface area contributed by atoms with Gasteiger partial charge in [0.05, 0.1) is 12.2 Å². The first-order valence-corrected chi connectivity index (χ1v) is 7.66. The van der Waals surface area contributed by atoms with Crippen LogP contribution >= 0.6 is 0 Å². The first kappa shape index (κ1) is 15.4. The van der Waals surface area contributed by atoms with Crippen LogP contribution in [0.3, 0.4) is 0 Å². The summed E-state index contributed by atoms with van der Waals surface area (Å²) in [6.45, 7) is 12.8. The molecule has 1 aliphatic carbocycles. The summed E-state index contributed by atoms with van der Waals surface area (Å²) in [7, 11) is 2.20. The highest BCUT2D eigenvalue weighted by Crippen LogP contribution is 2.37. The summed E-state index contributed by atoms with van der Waals surface area (Å²) in [6, 6.07) is 0. The Hall–Kier alpha value is -0.940. The van der Waals surface area contributed by atoms with E-state index in [0.717, 1.165) is 37.2 Å². The number of rotatable bonds is 7. The van der Waals surface area contributed by atoms with E-state index in [1.54, 1.807) is 0 Å². The molecule has 5 nitrogen and oxygen atoms in total. The van der Waals surface area contributed by atoms with Crippen molar-refractivity contribution in [3.05, 3.63) is 11.9 Å². The predicted octanol–water partition coefficient (Wildman–Crippen LogP) is 1.75. The zero-order valence-corrected chi connectivity index (χ0v) is 13.6. The summed E-state index contributed by atoms with van der Waals surface area (Å²) in [4.78, 5) is 2.41. The van der Waals surface area contributed by atoms with E-state index < -0.39 is 0 Å². The van der Waals surface area contributed by atoms with E-state index >= 15 is 0 Å². The molecule has 0 aliphatic heterocycles. The summed E-state index contributed by atoms with van der Waals surface area (Å²) in [5.74, 6) is 1.85. The van der Waals surface area contributed by atoms with Gasteiger partial charge in [-0.05, 0) is 46.1 Å². The van der Waals surface area contributed by atoms with Gasteiger partial charge in [-0.25, -0.2) is 0 Å². The van der Waals surface area contributed by atoms with Crippen LogP contribution in [0, 0.1) is 11.8 Å². The van der Waals surface area contributed by atoms with E-state index in [1.165, 1.54) is 13.0 Å². The molecular weight excluding hydrogens is 250 g/mol. The van der Waals surface area contributed by atoms with Gasteiger partial charge >= 0.3 is 0 Å². The first-order chi connectivity index (χ1) is 9.33. The first-order valence-electron chi connectivity index (χ1n) is 7.66. The van der Waals surface area contributed by atoms with Crippen LogP contribution in [0.25, 0.3) is 0 Å². The summed E-state index contributed by atoms with van der Waals surface area (Å²) in [5.41, 5.74) is 1.13. The molecule has 1 aromatic rings. The smallest absolute Gasteiger partial charge is 0.0965 e. The molecule has 2 unspecified atom stereocenters. The molecule has 0 spiro atoms. The second-order valence-electron chi connectivity index (χ2n) is 7.31. The van der Waals surface area contributed by atoms with E-state index in [-0.39, 0.29) is 5.54 Å². The van der Waals surface area contributed by atoms with Gasteiger partial charge in [-0.2, -0.15) is 0 Å². The molecule has 20 heavy (non-hydrogen) atoms. The van der Waals surface area contributed by atoms with E-state index in [1.807, 2.05) is 10.9 Å². The Bertz CT molecular complexity index is 420. The molecule has 1 saturated carbocycles. The quantitative estimate of drug-likeness (QED) is 0.826. The minimum atomic E-state index is 0.116. The van der Waals surface area contributed by atoms with Crippen LogP contribution in [0.4, 0.5) is 0 Å². The Labute approximate surface area is 122 Å². The van der Waals surface area contributed by atoms with Crippen molar-refractivity contribution in [1.82, 2.24) is 25.2 Å². The topological polar surface area (TPSA) is 46.0 Å². The zero-order chi connectivity index (χ0) is 14.8. The highest BCUT2D eigenvalue weighted by molar-refractivity contribution is 4.93. The van der Waals surface area contributed by atoms with Crippen LogP contribution in [0.1, 0.15) is 39.8 Å². The maximum absolute atomic E-state index is 4.21. The summed E-state index contributed by atoms with van der Waals surface area (Å²) in [6.07, 6.45) is 3.45. The van der Waals surface area contributed by atoms with Gasteiger partial charge in [0.15, 0.2) is 0 Å². The molecule has 5 heteroatoms. The predicted molar refractivity (Wildman–Crippen MR) is 81.4 cm³/mol. The number of likely N-dealkylation sites (N-methyl/N-ethyl adjacent to an activating group) is 1. The third-order valence-electron chi connectivity index (χ3n) is 3.92. The van der Waals surface area contributed by atoms with E-state index in [0.29, 0.717) is 0 Å². The fourth-order valence-corrected chi connectivity index (χ4v) is 2.30. The van der Waals surface area contributed by atoms with Gasteiger partial charge in [-0.3, -0.25) is 4.68 Å². The van der Waals surface area contributed by atoms with Crippen LogP contribution in [-0.2, 0) is 13.1 Å². The molecule has 1 aliphatic rings. The van der Waals surface area contributed by atoms with Crippen molar-refractivity contribution in [1.29, 1.82) is 0 Å². The molecule has 0 radical (unpaired) electrons. The monoisotopic (exact) mass is 279 g/mol. The standard InChI is InChI=1S/C15H29N5/c1-12-8-13(12)10-19(5)6-7-20-11-14(17-18-20)9-16-15(2,3)4/h11-13,16H,6-10H2,1-5H3. The molecule has 2 atom stereocenters. The van der Waals surface area contributed by atoms with Crippen molar-refractivity contribution in [3.63, 3.8) is 0 Å². The van der Waals surface area contributed by atoms with Gasteiger partial charge in [0, 0.05) is 31.4 Å². The van der Waals surface area contributed by atoms with Crippen LogP contribution in [0.15, 0.2) is 6.20 Å². The highest BCUT2D eigenvalue weighted by atomic mass is 15.4. The molecule has 1 fully saturated rings. The van der Waals surface area contributed by atoms with Gasteiger partial charge < -0.3 is 10.2 Å². The molecule has 1 N–H and O–H groups in total. The third-order valence-corrected chi connectivity index (χ3v) is 3.92. The molecule has 1 heterocycles. The lowest BCUT2D eigenvalue weighted by Gasteiger charge is -2.19. The van der Waals surface area contributed by atoms with Crippen molar-refractivity contribution >= 4 is 0 Å². The summed E-state index contributed by atoms with van der Waals surface area (Å²) >= 11 is 0. The number of hydrogen-bond acceptors (Lipinski definition) is 4. The second-order valence-corrected chi connectivity index (χ2v) is 7.31. The maximum atomic E-state index is 4.21. The Morgan fingerprint density at radius 3 is 2.75 bits per heavy atom.